The van der Waals surface area contributed by atoms with E-state index in [1.54, 1.807) is 18.8 Å². The Hall–Kier alpha value is -1.08. The van der Waals surface area contributed by atoms with Gasteiger partial charge in [0.1, 0.15) is 0 Å². The zero-order valence-electron chi connectivity index (χ0n) is 12.4. The first kappa shape index (κ1) is 15.3. The van der Waals surface area contributed by atoms with Crippen LogP contribution in [0.15, 0.2) is 14.7 Å². The van der Waals surface area contributed by atoms with E-state index in [0.717, 1.165) is 6.42 Å². The lowest BCUT2D eigenvalue weighted by Crippen LogP contribution is -2.50. The second-order valence-electron chi connectivity index (χ2n) is 6.00. The number of hydrogen-bond donors (Lipinski definition) is 2. The Morgan fingerprint density at radius 2 is 2.15 bits per heavy atom. The van der Waals surface area contributed by atoms with Crippen LogP contribution in [-0.4, -0.2) is 33.1 Å². The maximum atomic E-state index is 11.4. The molecule has 0 bridgehead atoms. The third-order valence-corrected chi connectivity index (χ3v) is 5.43. The van der Waals surface area contributed by atoms with Crippen molar-refractivity contribution in [3.05, 3.63) is 20.7 Å². The first-order valence-electron chi connectivity index (χ1n) is 6.86. The molecule has 6 nitrogen and oxygen atoms in total. The van der Waals surface area contributed by atoms with E-state index in [1.807, 2.05) is 7.05 Å². The van der Waals surface area contributed by atoms with Crippen molar-refractivity contribution in [1.29, 1.82) is 0 Å². The van der Waals surface area contributed by atoms with E-state index in [9.17, 15) is 9.59 Å². The summed E-state index contributed by atoms with van der Waals surface area (Å²) in [6.45, 7) is 4.53. The summed E-state index contributed by atoms with van der Waals surface area (Å²) in [5.74, 6) is 0. The van der Waals surface area contributed by atoms with E-state index < -0.39 is 11.1 Å². The molecule has 0 spiro atoms. The third kappa shape index (κ3) is 2.98. The van der Waals surface area contributed by atoms with Crippen LogP contribution in [0.2, 0.25) is 0 Å². The lowest BCUT2D eigenvalue weighted by molar-refractivity contribution is 0.182. The molecule has 0 aromatic carbocycles. The average Bonchev–Trinajstić information content (AvgIpc) is 2.35. The van der Waals surface area contributed by atoms with Gasteiger partial charge in [0.15, 0.2) is 5.16 Å². The molecular weight excluding hydrogens is 276 g/mol. The van der Waals surface area contributed by atoms with Gasteiger partial charge in [-0.15, -0.1) is 0 Å². The van der Waals surface area contributed by atoms with Crippen molar-refractivity contribution in [3.63, 3.8) is 0 Å². The Balaban J connectivity index is 2.27. The van der Waals surface area contributed by atoms with E-state index in [1.165, 1.54) is 17.5 Å². The summed E-state index contributed by atoms with van der Waals surface area (Å²) in [6, 6.07) is 0.352. The first-order valence-corrected chi connectivity index (χ1v) is 7.74. The molecule has 7 heteroatoms. The van der Waals surface area contributed by atoms with Crippen LogP contribution in [-0.2, 0) is 7.05 Å². The maximum Gasteiger partial charge on any atom is 0.339 e. The zero-order chi connectivity index (χ0) is 14.9. The van der Waals surface area contributed by atoms with Gasteiger partial charge in [-0.3, -0.25) is 19.4 Å². The molecule has 0 saturated heterocycles. The van der Waals surface area contributed by atoms with E-state index in [4.69, 9.17) is 0 Å². The van der Waals surface area contributed by atoms with Gasteiger partial charge in [-0.1, -0.05) is 32.0 Å². The second-order valence-corrected chi connectivity index (χ2v) is 7.21. The molecule has 2 N–H and O–H groups in total. The molecule has 2 atom stereocenters. The molecule has 0 radical (unpaired) electrons. The van der Waals surface area contributed by atoms with E-state index in [-0.39, 0.29) is 5.41 Å². The molecule has 20 heavy (non-hydrogen) atoms. The van der Waals surface area contributed by atoms with Crippen LogP contribution in [0.5, 0.6) is 0 Å². The number of thioether (sulfide) groups is 1. The van der Waals surface area contributed by atoms with Gasteiger partial charge in [0.25, 0.3) is 0 Å². The topological polar surface area (TPSA) is 79.8 Å². The van der Waals surface area contributed by atoms with E-state index in [2.05, 4.69) is 29.2 Å². The normalized spacial score (nSPS) is 25.6. The highest BCUT2D eigenvalue weighted by Crippen LogP contribution is 2.41. The van der Waals surface area contributed by atoms with Crippen LogP contribution >= 0.6 is 11.8 Å². The Bertz CT molecular complexity index is 593. The summed E-state index contributed by atoms with van der Waals surface area (Å²) in [4.78, 5) is 26.5. The molecule has 112 valence electrons. The molecule has 2 unspecified atom stereocenters. The van der Waals surface area contributed by atoms with Gasteiger partial charge in [-0.05, 0) is 25.3 Å². The predicted molar refractivity (Wildman–Crippen MR) is 80.2 cm³/mol. The Morgan fingerprint density at radius 1 is 1.45 bits per heavy atom. The minimum absolute atomic E-state index is 0.214. The van der Waals surface area contributed by atoms with Crippen molar-refractivity contribution >= 4 is 11.8 Å². The standard InChI is InChI=1S/C13H22N4O2S/c1-13(2)7-5-6-8(9(13)14-3)20-12-15-10(18)11(19)16-17(12)4/h8-9,14H,5-7H2,1-4H3,(H,16,19). The fourth-order valence-corrected chi connectivity index (χ4v) is 4.52. The predicted octanol–water partition coefficient (Wildman–Crippen LogP) is 0.727. The van der Waals surface area contributed by atoms with Gasteiger partial charge in [0.2, 0.25) is 0 Å². The van der Waals surface area contributed by atoms with Crippen LogP contribution in [0.1, 0.15) is 33.1 Å². The monoisotopic (exact) mass is 298 g/mol. The number of rotatable bonds is 3. The summed E-state index contributed by atoms with van der Waals surface area (Å²) >= 11 is 1.57. The molecule has 0 aliphatic heterocycles. The lowest BCUT2D eigenvalue weighted by Gasteiger charge is -2.43. The van der Waals surface area contributed by atoms with Crippen LogP contribution in [0, 0.1) is 5.41 Å². The number of aromatic amines is 1. The minimum Gasteiger partial charge on any atom is -0.315 e. The molecule has 1 heterocycles. The van der Waals surface area contributed by atoms with Crippen LogP contribution in [0.4, 0.5) is 0 Å². The molecule has 1 aliphatic rings. The smallest absolute Gasteiger partial charge is 0.315 e. The Morgan fingerprint density at radius 3 is 2.80 bits per heavy atom. The molecular formula is C13H22N4O2S. The largest absolute Gasteiger partial charge is 0.339 e. The zero-order valence-corrected chi connectivity index (χ0v) is 13.2. The summed E-state index contributed by atoms with van der Waals surface area (Å²) in [5, 5.41) is 6.80. The van der Waals surface area contributed by atoms with Crippen LogP contribution in [0.25, 0.3) is 0 Å². The summed E-state index contributed by atoms with van der Waals surface area (Å²) < 4.78 is 1.53. The second kappa shape index (κ2) is 5.73. The van der Waals surface area contributed by atoms with Crippen molar-refractivity contribution in [1.82, 2.24) is 20.1 Å². The SMILES string of the molecule is CNC1C(Sc2nc(=O)c(=O)[nH]n2C)CCCC1(C)C. The number of H-pyrrole nitrogens is 1. The quantitative estimate of drug-likeness (QED) is 0.804. The van der Waals surface area contributed by atoms with E-state index >= 15 is 0 Å². The van der Waals surface area contributed by atoms with Crippen molar-refractivity contribution in [2.75, 3.05) is 7.05 Å². The number of nitrogens with one attached hydrogen (secondary N) is 2. The summed E-state index contributed by atoms with van der Waals surface area (Å²) in [7, 11) is 3.68. The van der Waals surface area contributed by atoms with Crippen LogP contribution in [0.3, 0.4) is 0 Å². The minimum atomic E-state index is -0.721. The van der Waals surface area contributed by atoms with Crippen molar-refractivity contribution in [2.45, 2.75) is 49.6 Å². The van der Waals surface area contributed by atoms with Crippen molar-refractivity contribution in [3.8, 4) is 0 Å². The number of nitrogens with zero attached hydrogens (tertiary/aromatic N) is 2. The molecule has 0 amide bonds. The molecule has 1 saturated carbocycles. The third-order valence-electron chi connectivity index (χ3n) is 4.04. The highest BCUT2D eigenvalue weighted by molar-refractivity contribution is 7.99. The molecule has 1 fully saturated rings. The molecule has 1 aromatic rings. The van der Waals surface area contributed by atoms with Gasteiger partial charge >= 0.3 is 11.1 Å². The maximum absolute atomic E-state index is 11.4. The summed E-state index contributed by atoms with van der Waals surface area (Å²) in [5.41, 5.74) is -1.18. The Labute approximate surface area is 122 Å². The number of hydrogen-bond acceptors (Lipinski definition) is 5. The van der Waals surface area contributed by atoms with Gasteiger partial charge in [0, 0.05) is 18.3 Å². The fourth-order valence-electron chi connectivity index (χ4n) is 2.99. The van der Waals surface area contributed by atoms with Gasteiger partial charge in [0.05, 0.1) is 0 Å². The molecule has 1 aromatic heterocycles. The first-order chi connectivity index (χ1) is 9.35. The van der Waals surface area contributed by atoms with Crippen LogP contribution < -0.4 is 16.4 Å². The van der Waals surface area contributed by atoms with E-state index in [0.29, 0.717) is 16.4 Å². The number of aryl methyl sites for hydroxylation is 1. The van der Waals surface area contributed by atoms with Crippen molar-refractivity contribution in [2.24, 2.45) is 12.5 Å². The number of aromatic nitrogens is 3. The average molecular weight is 298 g/mol. The lowest BCUT2D eigenvalue weighted by atomic mass is 9.73. The summed E-state index contributed by atoms with van der Waals surface area (Å²) in [6.07, 6.45) is 3.43. The molecule has 1 aliphatic carbocycles. The fraction of sp³-hybridized carbons (Fsp3) is 0.769. The highest BCUT2D eigenvalue weighted by Gasteiger charge is 2.38. The van der Waals surface area contributed by atoms with Crippen molar-refractivity contribution < 1.29 is 0 Å². The Kier molecular flexibility index (Phi) is 4.39. The van der Waals surface area contributed by atoms with Gasteiger partial charge in [-0.2, -0.15) is 4.98 Å². The van der Waals surface area contributed by atoms with Gasteiger partial charge in [-0.25, -0.2) is 0 Å². The highest BCUT2D eigenvalue weighted by atomic mass is 32.2. The molecule has 2 rings (SSSR count). The van der Waals surface area contributed by atoms with Gasteiger partial charge < -0.3 is 5.32 Å².